The molecule has 0 saturated heterocycles. The Morgan fingerprint density at radius 1 is 1.27 bits per heavy atom. The third kappa shape index (κ3) is 3.24. The summed E-state index contributed by atoms with van der Waals surface area (Å²) < 4.78 is 14.0. The van der Waals surface area contributed by atoms with Crippen LogP contribution in [0.15, 0.2) is 30.5 Å². The van der Waals surface area contributed by atoms with Crippen molar-refractivity contribution in [3.63, 3.8) is 0 Å². The van der Waals surface area contributed by atoms with E-state index in [1.54, 1.807) is 12.3 Å². The van der Waals surface area contributed by atoms with Crippen molar-refractivity contribution in [2.45, 2.75) is 39.0 Å². The van der Waals surface area contributed by atoms with Gasteiger partial charge in [0.2, 0.25) is 0 Å². The van der Waals surface area contributed by atoms with E-state index in [0.29, 0.717) is 18.5 Å². The van der Waals surface area contributed by atoms with Gasteiger partial charge in [0.15, 0.2) is 0 Å². The van der Waals surface area contributed by atoms with Gasteiger partial charge in [-0.1, -0.05) is 31.2 Å². The van der Waals surface area contributed by atoms with Crippen LogP contribution in [0.25, 0.3) is 22.4 Å². The first-order chi connectivity index (χ1) is 12.4. The minimum absolute atomic E-state index is 0.445. The van der Waals surface area contributed by atoms with Crippen molar-refractivity contribution >= 4 is 30.7 Å². The zero-order valence-electron chi connectivity index (χ0n) is 15.3. The predicted octanol–water partition coefficient (Wildman–Crippen LogP) is 4.96. The summed E-state index contributed by atoms with van der Waals surface area (Å²) >= 11 is 6.15. The summed E-state index contributed by atoms with van der Waals surface area (Å²) in [6.07, 6.45) is 1.81. The van der Waals surface area contributed by atoms with Gasteiger partial charge in [0.05, 0.1) is 5.69 Å². The van der Waals surface area contributed by atoms with Crippen molar-refractivity contribution in [3.05, 3.63) is 41.2 Å². The summed E-state index contributed by atoms with van der Waals surface area (Å²) in [7, 11) is -1.13. The molecule has 5 nitrogen and oxygen atoms in total. The Bertz CT molecular complexity index is 965. The summed E-state index contributed by atoms with van der Waals surface area (Å²) in [6.45, 7) is 8.75. The largest absolute Gasteiger partial charge is 0.486 e. The van der Waals surface area contributed by atoms with E-state index in [9.17, 15) is 0 Å². The molecule has 0 amide bonds. The summed E-state index contributed by atoms with van der Waals surface area (Å²) in [5, 5.41) is 1.52. The Kier molecular flexibility index (Phi) is 4.50. The molecule has 3 aromatic rings. The molecule has 0 unspecified atom stereocenters. The van der Waals surface area contributed by atoms with Gasteiger partial charge in [0.25, 0.3) is 0 Å². The summed E-state index contributed by atoms with van der Waals surface area (Å²) in [4.78, 5) is 9.11. The van der Waals surface area contributed by atoms with Gasteiger partial charge in [-0.2, -0.15) is 0 Å². The number of fused-ring (bicyclic) bond motifs is 5. The molecule has 0 saturated carbocycles. The van der Waals surface area contributed by atoms with Crippen LogP contribution < -0.4 is 4.74 Å². The Labute approximate surface area is 158 Å². The highest BCUT2D eigenvalue weighted by molar-refractivity contribution is 6.76. The fourth-order valence-corrected chi connectivity index (χ4v) is 4.08. The first kappa shape index (κ1) is 17.5. The molecular weight excluding hydrogens is 366 g/mol. The quantitative estimate of drug-likeness (QED) is 0.353. The monoisotopic (exact) mass is 387 g/mol. The molecule has 0 atom stereocenters. The van der Waals surface area contributed by atoms with E-state index in [1.165, 1.54) is 0 Å². The van der Waals surface area contributed by atoms with Crippen LogP contribution in [0.4, 0.5) is 0 Å². The summed E-state index contributed by atoms with van der Waals surface area (Å²) in [6, 6.07) is 8.76. The zero-order chi connectivity index (χ0) is 18.3. The Morgan fingerprint density at radius 2 is 2.12 bits per heavy atom. The normalized spacial score (nSPS) is 13.4. The average Bonchev–Trinajstić information content (AvgIpc) is 2.92. The van der Waals surface area contributed by atoms with E-state index in [-0.39, 0.29) is 0 Å². The second kappa shape index (κ2) is 6.68. The van der Waals surface area contributed by atoms with E-state index >= 15 is 0 Å². The number of ether oxygens (including phenoxy) is 2. The van der Waals surface area contributed by atoms with Gasteiger partial charge in [0, 0.05) is 31.8 Å². The first-order valence-electron chi connectivity index (χ1n) is 8.77. The number of pyridine rings is 2. The van der Waals surface area contributed by atoms with Crippen molar-refractivity contribution in [3.8, 4) is 17.1 Å². The van der Waals surface area contributed by atoms with E-state index in [1.807, 2.05) is 12.1 Å². The lowest BCUT2D eigenvalue weighted by molar-refractivity contribution is 0.0905. The predicted molar refractivity (Wildman–Crippen MR) is 106 cm³/mol. The van der Waals surface area contributed by atoms with Gasteiger partial charge in [-0.3, -0.25) is 4.57 Å². The maximum Gasteiger partial charge on any atom is 0.147 e. The highest BCUT2D eigenvalue weighted by Gasteiger charge is 2.27. The Balaban J connectivity index is 1.76. The van der Waals surface area contributed by atoms with Gasteiger partial charge < -0.3 is 9.47 Å². The molecule has 0 fully saturated rings. The molecule has 0 N–H and O–H groups in total. The van der Waals surface area contributed by atoms with E-state index in [4.69, 9.17) is 21.1 Å². The molecule has 0 spiro atoms. The van der Waals surface area contributed by atoms with Crippen LogP contribution in [-0.2, 0) is 18.1 Å². The molecule has 26 heavy (non-hydrogen) atoms. The molecule has 1 aliphatic rings. The number of hydrogen-bond acceptors (Lipinski definition) is 4. The zero-order valence-corrected chi connectivity index (χ0v) is 17.0. The Morgan fingerprint density at radius 3 is 2.92 bits per heavy atom. The molecule has 0 bridgehead atoms. The molecule has 3 aromatic heterocycles. The maximum atomic E-state index is 6.15. The van der Waals surface area contributed by atoms with Gasteiger partial charge in [0.1, 0.15) is 35.6 Å². The van der Waals surface area contributed by atoms with E-state index < -0.39 is 8.07 Å². The number of hydrogen-bond donors (Lipinski definition) is 0. The molecule has 4 rings (SSSR count). The van der Waals surface area contributed by atoms with Crippen molar-refractivity contribution in [2.75, 3.05) is 6.61 Å². The van der Waals surface area contributed by atoms with Crippen LogP contribution in [0.1, 0.15) is 5.56 Å². The molecule has 7 heteroatoms. The second-order valence-electron chi connectivity index (χ2n) is 7.75. The van der Waals surface area contributed by atoms with Crippen LogP contribution in [0.2, 0.25) is 30.8 Å². The minimum atomic E-state index is -1.13. The van der Waals surface area contributed by atoms with Gasteiger partial charge in [-0.05, 0) is 30.3 Å². The highest BCUT2D eigenvalue weighted by Crippen LogP contribution is 2.41. The van der Waals surface area contributed by atoms with Crippen molar-refractivity contribution < 1.29 is 9.47 Å². The third-order valence-corrected chi connectivity index (χ3v) is 6.48. The summed E-state index contributed by atoms with van der Waals surface area (Å²) in [5.74, 6) is 0.744. The molecule has 1 aliphatic heterocycles. The third-order valence-electron chi connectivity index (χ3n) is 4.56. The molecule has 4 heterocycles. The Hall–Kier alpha value is -1.89. The van der Waals surface area contributed by atoms with Crippen molar-refractivity contribution in [1.29, 1.82) is 0 Å². The van der Waals surface area contributed by atoms with Crippen molar-refractivity contribution in [2.24, 2.45) is 0 Å². The molecule has 0 aliphatic carbocycles. The van der Waals surface area contributed by atoms with Crippen LogP contribution in [-0.4, -0.2) is 29.2 Å². The van der Waals surface area contributed by atoms with Crippen molar-refractivity contribution in [1.82, 2.24) is 14.5 Å². The van der Waals surface area contributed by atoms with Crippen LogP contribution in [0.3, 0.4) is 0 Å². The standard InChI is InChI=1S/C19H22ClN3O2Si/c1-26(2,3)10-9-24-12-23-18-14(13-5-4-8-21-19(13)23)11-25-15-6-7-16(20)22-17(15)18/h4-8H,9-12H2,1-3H3. The molecule has 136 valence electrons. The lowest BCUT2D eigenvalue weighted by atomic mass is 10.1. The maximum absolute atomic E-state index is 6.15. The molecule has 0 radical (unpaired) electrons. The van der Waals surface area contributed by atoms with Crippen LogP contribution >= 0.6 is 11.6 Å². The number of nitrogens with zero attached hydrogens (tertiary/aromatic N) is 3. The fraction of sp³-hybridized carbons (Fsp3) is 0.368. The van der Waals surface area contributed by atoms with E-state index in [0.717, 1.165) is 46.4 Å². The van der Waals surface area contributed by atoms with Crippen LogP contribution in [0, 0.1) is 0 Å². The highest BCUT2D eigenvalue weighted by atomic mass is 35.5. The summed E-state index contributed by atoms with van der Waals surface area (Å²) in [5.41, 5.74) is 3.73. The minimum Gasteiger partial charge on any atom is -0.486 e. The van der Waals surface area contributed by atoms with Crippen LogP contribution in [0.5, 0.6) is 5.75 Å². The smallest absolute Gasteiger partial charge is 0.147 e. The number of aromatic nitrogens is 3. The topological polar surface area (TPSA) is 49.2 Å². The van der Waals surface area contributed by atoms with Gasteiger partial charge in [-0.25, -0.2) is 9.97 Å². The lowest BCUT2D eigenvalue weighted by Crippen LogP contribution is -2.22. The molecular formula is C19H22ClN3O2Si. The number of rotatable bonds is 5. The SMILES string of the molecule is C[Si](C)(C)CCOCn1c2c(c3cccnc31)COc1ccc(Cl)nc1-2. The second-order valence-corrected chi connectivity index (χ2v) is 13.8. The van der Waals surface area contributed by atoms with Gasteiger partial charge in [-0.15, -0.1) is 0 Å². The first-order valence-corrected chi connectivity index (χ1v) is 12.9. The van der Waals surface area contributed by atoms with E-state index in [2.05, 4.69) is 40.2 Å². The molecule has 0 aromatic carbocycles. The number of halogens is 1. The lowest BCUT2D eigenvalue weighted by Gasteiger charge is -2.20. The average molecular weight is 388 g/mol. The van der Waals surface area contributed by atoms with Gasteiger partial charge >= 0.3 is 0 Å². The fourth-order valence-electron chi connectivity index (χ4n) is 3.18.